The zero-order valence-electron chi connectivity index (χ0n) is 15.6. The van der Waals surface area contributed by atoms with Crippen LogP contribution < -0.4 is 4.74 Å². The fourth-order valence-electron chi connectivity index (χ4n) is 3.39. The van der Waals surface area contributed by atoms with E-state index in [1.165, 1.54) is 19.8 Å². The molecule has 7 nitrogen and oxygen atoms in total. The van der Waals surface area contributed by atoms with Crippen LogP contribution in [-0.4, -0.2) is 42.0 Å². The molecule has 0 atom stereocenters. The Bertz CT molecular complexity index is 778. The zero-order chi connectivity index (χ0) is 19.2. The molecule has 1 aromatic heterocycles. The fourth-order valence-corrected chi connectivity index (χ4v) is 3.39. The van der Waals surface area contributed by atoms with Crippen LogP contribution in [0.3, 0.4) is 0 Å². The van der Waals surface area contributed by atoms with Crippen LogP contribution in [0.25, 0.3) is 0 Å². The molecule has 1 aromatic carbocycles. The van der Waals surface area contributed by atoms with E-state index in [0.29, 0.717) is 17.2 Å². The number of rotatable bonds is 6. The van der Waals surface area contributed by atoms with E-state index < -0.39 is 5.97 Å². The van der Waals surface area contributed by atoms with Gasteiger partial charge in [0.15, 0.2) is 5.69 Å². The van der Waals surface area contributed by atoms with Crippen molar-refractivity contribution in [2.45, 2.75) is 44.7 Å². The van der Waals surface area contributed by atoms with E-state index in [1.54, 1.807) is 36.3 Å². The predicted octanol–water partition coefficient (Wildman–Crippen LogP) is 3.44. The summed E-state index contributed by atoms with van der Waals surface area (Å²) in [7, 11) is 2.88. The number of carbonyl (C=O) groups excluding carboxylic acids is 2. The van der Waals surface area contributed by atoms with Crippen molar-refractivity contribution in [3.8, 4) is 5.75 Å². The maximum absolute atomic E-state index is 13.2. The van der Waals surface area contributed by atoms with Gasteiger partial charge in [-0.15, -0.1) is 0 Å². The minimum atomic E-state index is -0.560. The normalized spacial score (nSPS) is 14.6. The van der Waals surface area contributed by atoms with Gasteiger partial charge >= 0.3 is 5.97 Å². The lowest BCUT2D eigenvalue weighted by molar-refractivity contribution is 0.0590. The van der Waals surface area contributed by atoms with Crippen molar-refractivity contribution in [3.05, 3.63) is 47.7 Å². The molecule has 27 heavy (non-hydrogen) atoms. The Hall–Kier alpha value is -2.83. The van der Waals surface area contributed by atoms with Gasteiger partial charge < -0.3 is 18.8 Å². The largest absolute Gasteiger partial charge is 0.497 e. The van der Waals surface area contributed by atoms with Gasteiger partial charge in [-0.2, -0.15) is 0 Å². The lowest BCUT2D eigenvalue weighted by atomic mass is 9.93. The zero-order valence-corrected chi connectivity index (χ0v) is 15.6. The predicted molar refractivity (Wildman–Crippen MR) is 97.6 cm³/mol. The van der Waals surface area contributed by atoms with Crippen molar-refractivity contribution in [2.75, 3.05) is 14.2 Å². The second-order valence-electron chi connectivity index (χ2n) is 6.57. The Balaban J connectivity index is 1.82. The van der Waals surface area contributed by atoms with Gasteiger partial charge in [-0.25, -0.2) is 9.78 Å². The second kappa shape index (κ2) is 8.70. The van der Waals surface area contributed by atoms with E-state index in [2.05, 4.69) is 9.72 Å². The summed E-state index contributed by atoms with van der Waals surface area (Å²) < 4.78 is 15.2. The molecule has 1 saturated carbocycles. The Morgan fingerprint density at radius 2 is 1.85 bits per heavy atom. The van der Waals surface area contributed by atoms with E-state index in [0.717, 1.165) is 25.7 Å². The Labute approximate surface area is 158 Å². The first kappa shape index (κ1) is 18.9. The molecular weight excluding hydrogens is 348 g/mol. The average Bonchev–Trinajstić information content (AvgIpc) is 3.20. The number of hydrogen-bond acceptors (Lipinski definition) is 6. The van der Waals surface area contributed by atoms with E-state index in [9.17, 15) is 9.59 Å². The number of aromatic nitrogens is 1. The smallest absolute Gasteiger partial charge is 0.360 e. The van der Waals surface area contributed by atoms with Gasteiger partial charge in [0.25, 0.3) is 5.91 Å². The van der Waals surface area contributed by atoms with Crippen molar-refractivity contribution < 1.29 is 23.5 Å². The molecule has 0 spiro atoms. The molecule has 1 aliphatic rings. The van der Waals surface area contributed by atoms with Gasteiger partial charge in [0.1, 0.15) is 12.0 Å². The van der Waals surface area contributed by atoms with E-state index in [1.807, 2.05) is 0 Å². The number of hydrogen-bond donors (Lipinski definition) is 0. The van der Waals surface area contributed by atoms with E-state index in [-0.39, 0.29) is 24.2 Å². The van der Waals surface area contributed by atoms with Gasteiger partial charge in [-0.3, -0.25) is 4.79 Å². The third-order valence-corrected chi connectivity index (χ3v) is 4.87. The first-order valence-corrected chi connectivity index (χ1v) is 9.10. The molecule has 3 rings (SSSR count). The summed E-state index contributed by atoms with van der Waals surface area (Å²) in [4.78, 5) is 30.7. The highest BCUT2D eigenvalue weighted by Crippen LogP contribution is 2.26. The second-order valence-corrected chi connectivity index (χ2v) is 6.57. The van der Waals surface area contributed by atoms with Gasteiger partial charge in [0.2, 0.25) is 5.89 Å². The molecule has 1 heterocycles. The summed E-state index contributed by atoms with van der Waals surface area (Å²) in [5.41, 5.74) is 0.689. The number of esters is 1. The molecule has 0 bridgehead atoms. The molecular formula is C20H24N2O5. The topological polar surface area (TPSA) is 81.9 Å². The first-order chi connectivity index (χ1) is 13.1. The molecule has 1 aliphatic carbocycles. The summed E-state index contributed by atoms with van der Waals surface area (Å²) in [5.74, 6) is 0.382. The van der Waals surface area contributed by atoms with Crippen molar-refractivity contribution in [2.24, 2.45) is 0 Å². The highest BCUT2D eigenvalue weighted by atomic mass is 16.5. The molecule has 7 heteroatoms. The van der Waals surface area contributed by atoms with Gasteiger partial charge in [0.05, 0.1) is 20.8 Å². The van der Waals surface area contributed by atoms with Crippen LogP contribution in [-0.2, 0) is 11.3 Å². The first-order valence-electron chi connectivity index (χ1n) is 9.10. The van der Waals surface area contributed by atoms with Crippen LogP contribution in [0.1, 0.15) is 58.8 Å². The number of nitrogens with zero attached hydrogens (tertiary/aromatic N) is 2. The van der Waals surface area contributed by atoms with Crippen molar-refractivity contribution >= 4 is 11.9 Å². The number of carbonyl (C=O) groups is 2. The summed E-state index contributed by atoms with van der Waals surface area (Å²) in [6, 6.07) is 7.18. The highest BCUT2D eigenvalue weighted by molar-refractivity contribution is 5.94. The van der Waals surface area contributed by atoms with Crippen LogP contribution >= 0.6 is 0 Å². The highest BCUT2D eigenvalue weighted by Gasteiger charge is 2.28. The number of methoxy groups -OCH3 is 2. The van der Waals surface area contributed by atoms with Crippen molar-refractivity contribution in [1.82, 2.24) is 9.88 Å². The van der Waals surface area contributed by atoms with Crippen LogP contribution in [0.4, 0.5) is 0 Å². The van der Waals surface area contributed by atoms with Crippen LogP contribution in [0, 0.1) is 0 Å². The Morgan fingerprint density at radius 1 is 1.15 bits per heavy atom. The SMILES string of the molecule is COC(=O)c1coc(CN(C(=O)c2ccc(OC)cc2)C2CCCCC2)n1. The number of oxazole rings is 1. The van der Waals surface area contributed by atoms with Crippen LogP contribution in [0.15, 0.2) is 34.9 Å². The number of ether oxygens (including phenoxy) is 2. The summed E-state index contributed by atoms with van der Waals surface area (Å²) >= 11 is 0. The molecule has 0 aliphatic heterocycles. The quantitative estimate of drug-likeness (QED) is 0.723. The minimum Gasteiger partial charge on any atom is -0.497 e. The number of amides is 1. The molecule has 0 radical (unpaired) electrons. The Morgan fingerprint density at radius 3 is 2.48 bits per heavy atom. The molecule has 144 valence electrons. The minimum absolute atomic E-state index is 0.0811. The monoisotopic (exact) mass is 372 g/mol. The summed E-state index contributed by atoms with van der Waals surface area (Å²) in [5, 5.41) is 0. The Kier molecular flexibility index (Phi) is 6.11. The van der Waals surface area contributed by atoms with Crippen LogP contribution in [0.2, 0.25) is 0 Å². The maximum atomic E-state index is 13.2. The summed E-state index contributed by atoms with van der Waals surface area (Å²) in [6.45, 7) is 0.215. The van der Waals surface area contributed by atoms with Crippen LogP contribution in [0.5, 0.6) is 5.75 Å². The molecule has 0 unspecified atom stereocenters. The lowest BCUT2D eigenvalue weighted by Crippen LogP contribution is -2.41. The molecule has 0 N–H and O–H groups in total. The molecule has 1 fully saturated rings. The van der Waals surface area contributed by atoms with Crippen molar-refractivity contribution in [3.63, 3.8) is 0 Å². The average molecular weight is 372 g/mol. The fraction of sp³-hybridized carbons (Fsp3) is 0.450. The number of benzene rings is 1. The van der Waals surface area contributed by atoms with Gasteiger partial charge in [-0.05, 0) is 37.1 Å². The third-order valence-electron chi connectivity index (χ3n) is 4.87. The molecule has 0 saturated heterocycles. The van der Waals surface area contributed by atoms with E-state index in [4.69, 9.17) is 9.15 Å². The van der Waals surface area contributed by atoms with Gasteiger partial charge in [-0.1, -0.05) is 19.3 Å². The summed E-state index contributed by atoms with van der Waals surface area (Å²) in [6.07, 6.45) is 6.54. The lowest BCUT2D eigenvalue weighted by Gasteiger charge is -2.33. The molecule has 1 amide bonds. The van der Waals surface area contributed by atoms with Crippen molar-refractivity contribution in [1.29, 1.82) is 0 Å². The third kappa shape index (κ3) is 4.48. The molecule has 2 aromatic rings. The maximum Gasteiger partial charge on any atom is 0.360 e. The van der Waals surface area contributed by atoms with E-state index >= 15 is 0 Å². The standard InChI is InChI=1S/C20H24N2O5/c1-25-16-10-8-14(9-11-16)19(23)22(15-6-4-3-5-7-15)12-18-21-17(13-27-18)20(24)26-2/h8-11,13,15H,3-7,12H2,1-2H3. The van der Waals surface area contributed by atoms with Gasteiger partial charge in [0, 0.05) is 11.6 Å².